The number of benzene rings is 1. The van der Waals surface area contributed by atoms with Crippen molar-refractivity contribution in [3.63, 3.8) is 0 Å². The molecule has 1 heterocycles. The Morgan fingerprint density at radius 1 is 1.44 bits per heavy atom. The summed E-state index contributed by atoms with van der Waals surface area (Å²) in [6, 6.07) is 6.94. The maximum absolute atomic E-state index is 13.2. The summed E-state index contributed by atoms with van der Waals surface area (Å²) < 4.78 is 13.2. The van der Waals surface area contributed by atoms with Crippen LogP contribution in [-0.4, -0.2) is 4.98 Å². The zero-order valence-corrected chi connectivity index (χ0v) is 11.4. The molecule has 2 nitrogen and oxygen atoms in total. The van der Waals surface area contributed by atoms with Gasteiger partial charge >= 0.3 is 0 Å². The Morgan fingerprint density at radius 2 is 2.28 bits per heavy atom. The topological polar surface area (TPSA) is 24.9 Å². The second kappa shape index (κ2) is 6.07. The van der Waals surface area contributed by atoms with Gasteiger partial charge in [-0.15, -0.1) is 11.3 Å². The Hall–Kier alpha value is -1.26. The second-order valence-corrected chi connectivity index (χ2v) is 5.58. The third kappa shape index (κ3) is 3.37. The lowest BCUT2D eigenvalue weighted by atomic mass is 10.0. The van der Waals surface area contributed by atoms with Gasteiger partial charge in [0.1, 0.15) is 10.8 Å². The van der Waals surface area contributed by atoms with E-state index >= 15 is 0 Å². The molecule has 0 aliphatic carbocycles. The summed E-state index contributed by atoms with van der Waals surface area (Å²) in [5.41, 5.74) is 0.991. The van der Waals surface area contributed by atoms with Crippen molar-refractivity contribution in [3.8, 4) is 0 Å². The van der Waals surface area contributed by atoms with Gasteiger partial charge in [-0.1, -0.05) is 19.1 Å². The largest absolute Gasteiger partial charge is 0.304 e. The van der Waals surface area contributed by atoms with E-state index < -0.39 is 0 Å². The van der Waals surface area contributed by atoms with E-state index in [-0.39, 0.29) is 11.9 Å². The van der Waals surface area contributed by atoms with Crippen LogP contribution >= 0.6 is 11.3 Å². The molecule has 2 rings (SSSR count). The van der Waals surface area contributed by atoms with Crippen LogP contribution < -0.4 is 5.32 Å². The van der Waals surface area contributed by atoms with E-state index in [0.717, 1.165) is 23.5 Å². The first kappa shape index (κ1) is 13.2. The molecule has 0 spiro atoms. The highest BCUT2D eigenvalue weighted by Gasteiger charge is 2.10. The Bertz CT molecular complexity index is 510. The van der Waals surface area contributed by atoms with Crippen LogP contribution in [0.2, 0.25) is 0 Å². The van der Waals surface area contributed by atoms with Crippen molar-refractivity contribution in [1.29, 1.82) is 0 Å². The van der Waals surface area contributed by atoms with E-state index in [1.54, 1.807) is 23.5 Å². The first-order valence-electron chi connectivity index (χ1n) is 6.09. The van der Waals surface area contributed by atoms with Crippen LogP contribution in [0.15, 0.2) is 30.5 Å². The fourth-order valence-electron chi connectivity index (χ4n) is 1.91. The van der Waals surface area contributed by atoms with Crippen LogP contribution in [-0.2, 0) is 6.54 Å². The Kier molecular flexibility index (Phi) is 4.44. The second-order valence-electron chi connectivity index (χ2n) is 4.26. The van der Waals surface area contributed by atoms with Gasteiger partial charge in [-0.05, 0) is 31.0 Å². The fraction of sp³-hybridized carbons (Fsp3) is 0.357. The number of hydrogen-bond acceptors (Lipinski definition) is 3. The van der Waals surface area contributed by atoms with Gasteiger partial charge in [-0.2, -0.15) is 0 Å². The minimum absolute atomic E-state index is 0.171. The van der Waals surface area contributed by atoms with Gasteiger partial charge in [-0.25, -0.2) is 9.37 Å². The molecule has 96 valence electrons. The SMILES string of the molecule is CCC(NCc1ncc(C)s1)c1cccc(F)c1. The maximum Gasteiger partial charge on any atom is 0.123 e. The van der Waals surface area contributed by atoms with Gasteiger partial charge in [0.05, 0.1) is 0 Å². The number of nitrogens with one attached hydrogen (secondary N) is 1. The summed E-state index contributed by atoms with van der Waals surface area (Å²) in [5.74, 6) is -0.183. The number of hydrogen-bond donors (Lipinski definition) is 1. The predicted molar refractivity (Wildman–Crippen MR) is 73.1 cm³/mol. The number of rotatable bonds is 5. The molecule has 1 aromatic heterocycles. The molecule has 0 radical (unpaired) electrons. The molecule has 1 aromatic carbocycles. The number of thiazole rings is 1. The molecule has 4 heteroatoms. The molecule has 0 saturated carbocycles. The van der Waals surface area contributed by atoms with Crippen LogP contribution in [0.3, 0.4) is 0 Å². The highest BCUT2D eigenvalue weighted by Crippen LogP contribution is 2.19. The molecule has 0 amide bonds. The van der Waals surface area contributed by atoms with Gasteiger partial charge in [-0.3, -0.25) is 0 Å². The van der Waals surface area contributed by atoms with Crippen molar-refractivity contribution in [3.05, 3.63) is 51.7 Å². The van der Waals surface area contributed by atoms with Crippen LogP contribution in [0.5, 0.6) is 0 Å². The number of nitrogens with zero attached hydrogens (tertiary/aromatic N) is 1. The lowest BCUT2D eigenvalue weighted by Gasteiger charge is -2.16. The van der Waals surface area contributed by atoms with Gasteiger partial charge in [0.15, 0.2) is 0 Å². The summed E-state index contributed by atoms with van der Waals surface area (Å²) >= 11 is 1.69. The number of halogens is 1. The van der Waals surface area contributed by atoms with Crippen molar-refractivity contribution < 1.29 is 4.39 Å². The standard InChI is InChI=1S/C14H17FN2S/c1-3-13(11-5-4-6-12(15)7-11)16-9-14-17-8-10(2)18-14/h4-8,13,16H,3,9H2,1-2H3. The fourth-order valence-corrected chi connectivity index (χ4v) is 2.65. The molecule has 1 atom stereocenters. The predicted octanol–water partition coefficient (Wildman–Crippen LogP) is 3.83. The van der Waals surface area contributed by atoms with Gasteiger partial charge < -0.3 is 5.32 Å². The number of aryl methyl sites for hydroxylation is 1. The van der Waals surface area contributed by atoms with E-state index in [0.29, 0.717) is 0 Å². The van der Waals surface area contributed by atoms with E-state index in [4.69, 9.17) is 0 Å². The van der Waals surface area contributed by atoms with E-state index in [1.165, 1.54) is 10.9 Å². The molecule has 1 unspecified atom stereocenters. The zero-order chi connectivity index (χ0) is 13.0. The van der Waals surface area contributed by atoms with Crippen molar-refractivity contribution in [2.75, 3.05) is 0 Å². The van der Waals surface area contributed by atoms with E-state index in [2.05, 4.69) is 17.2 Å². The Balaban J connectivity index is 2.01. The average molecular weight is 264 g/mol. The Labute approximate surface area is 111 Å². The summed E-state index contributed by atoms with van der Waals surface area (Å²) in [4.78, 5) is 5.53. The van der Waals surface area contributed by atoms with Crippen molar-refractivity contribution in [1.82, 2.24) is 10.3 Å². The lowest BCUT2D eigenvalue weighted by Crippen LogP contribution is -2.20. The first-order chi connectivity index (χ1) is 8.69. The minimum atomic E-state index is -0.183. The quantitative estimate of drug-likeness (QED) is 0.887. The molecule has 18 heavy (non-hydrogen) atoms. The van der Waals surface area contributed by atoms with Gasteiger partial charge in [0.25, 0.3) is 0 Å². The Morgan fingerprint density at radius 3 is 2.89 bits per heavy atom. The normalized spacial score (nSPS) is 12.6. The van der Waals surface area contributed by atoms with Gasteiger partial charge in [0.2, 0.25) is 0 Å². The maximum atomic E-state index is 13.2. The molecule has 0 fully saturated rings. The van der Waals surface area contributed by atoms with E-state index in [9.17, 15) is 4.39 Å². The summed E-state index contributed by atoms with van der Waals surface area (Å²) in [7, 11) is 0. The summed E-state index contributed by atoms with van der Waals surface area (Å²) in [6.45, 7) is 4.87. The molecule has 2 aromatic rings. The average Bonchev–Trinajstić information content (AvgIpc) is 2.76. The molecule has 0 saturated heterocycles. The van der Waals surface area contributed by atoms with Crippen LogP contribution in [0.4, 0.5) is 4.39 Å². The molecule has 1 N–H and O–H groups in total. The zero-order valence-electron chi connectivity index (χ0n) is 10.6. The molecular formula is C14H17FN2S. The highest BCUT2D eigenvalue weighted by molar-refractivity contribution is 7.11. The third-order valence-corrected chi connectivity index (χ3v) is 3.74. The van der Waals surface area contributed by atoms with Crippen molar-refractivity contribution in [2.45, 2.75) is 32.9 Å². The summed E-state index contributed by atoms with van der Waals surface area (Å²) in [6.07, 6.45) is 2.80. The highest BCUT2D eigenvalue weighted by atomic mass is 32.1. The van der Waals surface area contributed by atoms with Crippen molar-refractivity contribution >= 4 is 11.3 Å². The molecule has 0 bridgehead atoms. The van der Waals surface area contributed by atoms with Crippen LogP contribution in [0, 0.1) is 12.7 Å². The van der Waals surface area contributed by atoms with E-state index in [1.807, 2.05) is 19.2 Å². The molecular weight excluding hydrogens is 247 g/mol. The van der Waals surface area contributed by atoms with Crippen molar-refractivity contribution in [2.24, 2.45) is 0 Å². The third-order valence-electron chi connectivity index (χ3n) is 2.83. The van der Waals surface area contributed by atoms with Crippen LogP contribution in [0.25, 0.3) is 0 Å². The smallest absolute Gasteiger partial charge is 0.123 e. The minimum Gasteiger partial charge on any atom is -0.304 e. The number of aromatic nitrogens is 1. The monoisotopic (exact) mass is 264 g/mol. The van der Waals surface area contributed by atoms with Crippen LogP contribution in [0.1, 0.15) is 34.8 Å². The van der Waals surface area contributed by atoms with Gasteiger partial charge in [0, 0.05) is 23.7 Å². The summed E-state index contributed by atoms with van der Waals surface area (Å²) in [5, 5.41) is 4.50. The molecule has 0 aliphatic rings. The lowest BCUT2D eigenvalue weighted by molar-refractivity contribution is 0.513. The first-order valence-corrected chi connectivity index (χ1v) is 6.91. The molecule has 0 aliphatic heterocycles.